The molecule has 0 radical (unpaired) electrons. The van der Waals surface area contributed by atoms with Crippen LogP contribution in [0.25, 0.3) is 0 Å². The molecular weight excluding hydrogens is 364 g/mol. The molecule has 1 aliphatic carbocycles. The molecule has 2 amide bonds. The number of hydrogen-bond donors (Lipinski definition) is 1. The van der Waals surface area contributed by atoms with E-state index in [0.29, 0.717) is 5.56 Å². The van der Waals surface area contributed by atoms with Crippen LogP contribution in [0.5, 0.6) is 0 Å². The minimum atomic E-state index is -0.548. The lowest BCUT2D eigenvalue weighted by Crippen LogP contribution is -2.39. The topological polar surface area (TPSA) is 66.5 Å². The van der Waals surface area contributed by atoms with Crippen molar-refractivity contribution in [2.75, 3.05) is 11.4 Å². The van der Waals surface area contributed by atoms with Gasteiger partial charge in [0.25, 0.3) is 5.91 Å². The van der Waals surface area contributed by atoms with Crippen molar-refractivity contribution in [2.24, 2.45) is 0 Å². The number of anilines is 2. The molecule has 0 bridgehead atoms. The molecule has 3 aromatic rings. The van der Waals surface area contributed by atoms with Gasteiger partial charge < -0.3 is 5.32 Å². The number of rotatable bonds is 5. The second-order valence-corrected chi connectivity index (χ2v) is 6.89. The Bertz CT molecular complexity index is 1010. The lowest BCUT2D eigenvalue weighted by molar-refractivity contribution is -0.125. The van der Waals surface area contributed by atoms with Gasteiger partial charge in [0.1, 0.15) is 0 Å². The molecule has 1 atom stereocenters. The maximum Gasteiger partial charge on any atom is 0.250 e. The predicted octanol–water partition coefficient (Wildman–Crippen LogP) is 3.84. The molecule has 1 N–H and O–H groups in total. The molecule has 1 aliphatic rings. The van der Waals surface area contributed by atoms with Crippen molar-refractivity contribution in [1.82, 2.24) is 5.32 Å². The van der Waals surface area contributed by atoms with Crippen LogP contribution in [0.3, 0.4) is 0 Å². The lowest BCUT2D eigenvalue weighted by atomic mass is 10.0. The molecule has 0 spiro atoms. The normalized spacial score (nSPS) is 14.9. The van der Waals surface area contributed by atoms with Crippen molar-refractivity contribution in [2.45, 2.75) is 12.3 Å². The highest BCUT2D eigenvalue weighted by Gasteiger charge is 2.34. The molecule has 0 aromatic heterocycles. The number of nitrogens with one attached hydrogen (secondary N) is 1. The summed E-state index contributed by atoms with van der Waals surface area (Å²) in [5.74, 6) is -1.15. The van der Waals surface area contributed by atoms with Crippen molar-refractivity contribution in [3.05, 3.63) is 96.1 Å². The van der Waals surface area contributed by atoms with Crippen LogP contribution in [0.4, 0.5) is 11.4 Å². The molecule has 5 heteroatoms. The average Bonchev–Trinajstić information content (AvgIpc) is 3.11. The fourth-order valence-corrected chi connectivity index (χ4v) is 3.65. The summed E-state index contributed by atoms with van der Waals surface area (Å²) in [5, 5.41) is 2.72. The molecule has 3 aromatic carbocycles. The molecule has 5 nitrogen and oxygen atoms in total. The molecule has 0 saturated heterocycles. The highest BCUT2D eigenvalue weighted by Crippen LogP contribution is 2.33. The summed E-state index contributed by atoms with van der Waals surface area (Å²) < 4.78 is 0. The van der Waals surface area contributed by atoms with Crippen LogP contribution in [0, 0.1) is 0 Å². The van der Waals surface area contributed by atoms with Gasteiger partial charge in [-0.3, -0.25) is 19.3 Å². The van der Waals surface area contributed by atoms with Gasteiger partial charge in [-0.05, 0) is 29.8 Å². The zero-order valence-electron chi connectivity index (χ0n) is 15.7. The Morgan fingerprint density at radius 1 is 0.828 bits per heavy atom. The Labute approximate surface area is 169 Å². The maximum atomic E-state index is 13.0. The van der Waals surface area contributed by atoms with Crippen LogP contribution < -0.4 is 10.2 Å². The number of carbonyl (C=O) groups excluding carboxylic acids is 3. The average molecular weight is 384 g/mol. The molecule has 0 heterocycles. The second-order valence-electron chi connectivity index (χ2n) is 6.89. The van der Waals surface area contributed by atoms with E-state index in [1.54, 1.807) is 23.1 Å². The van der Waals surface area contributed by atoms with Crippen LogP contribution in [0.15, 0.2) is 84.9 Å². The number of hydrogen-bond acceptors (Lipinski definition) is 3. The first-order chi connectivity index (χ1) is 14.1. The Morgan fingerprint density at radius 3 is 2.00 bits per heavy atom. The fraction of sp³-hybridized carbons (Fsp3) is 0.125. The van der Waals surface area contributed by atoms with Gasteiger partial charge in [-0.2, -0.15) is 0 Å². The summed E-state index contributed by atoms with van der Waals surface area (Å²) in [6.07, 6.45) is 0.139. The molecular formula is C24H20N2O3. The first-order valence-corrected chi connectivity index (χ1v) is 9.48. The standard InChI is InChI=1S/C24H20N2O3/c27-22-15-21(19-13-7-8-14-20(19)22)24(29)25-16-23(28)26(17-9-3-1-4-10-17)18-11-5-2-6-12-18/h1-14,21H,15-16H2,(H,25,29)/t21-/m1/s1. The number of amides is 2. The summed E-state index contributed by atoms with van der Waals surface area (Å²) in [4.78, 5) is 39.5. The molecule has 29 heavy (non-hydrogen) atoms. The Hall–Kier alpha value is -3.73. The minimum absolute atomic E-state index is 0.0396. The van der Waals surface area contributed by atoms with Gasteiger partial charge in [0.15, 0.2) is 5.78 Å². The smallest absolute Gasteiger partial charge is 0.250 e. The summed E-state index contributed by atoms with van der Waals surface area (Å²) in [6, 6.07) is 25.7. The molecule has 0 aliphatic heterocycles. The number of benzene rings is 3. The Morgan fingerprint density at radius 2 is 1.38 bits per heavy atom. The predicted molar refractivity (Wildman–Crippen MR) is 111 cm³/mol. The van der Waals surface area contributed by atoms with Crippen molar-refractivity contribution in [1.29, 1.82) is 0 Å². The third-order valence-corrected chi connectivity index (χ3v) is 5.03. The second kappa shape index (κ2) is 8.10. The third kappa shape index (κ3) is 3.80. The van der Waals surface area contributed by atoms with Gasteiger partial charge >= 0.3 is 0 Å². The zero-order valence-corrected chi connectivity index (χ0v) is 15.7. The van der Waals surface area contributed by atoms with Crippen LogP contribution in [-0.4, -0.2) is 24.1 Å². The van der Waals surface area contributed by atoms with E-state index in [1.807, 2.05) is 66.7 Å². The zero-order chi connectivity index (χ0) is 20.2. The number of carbonyl (C=O) groups is 3. The van der Waals surface area contributed by atoms with Gasteiger partial charge in [0.05, 0.1) is 12.5 Å². The van der Waals surface area contributed by atoms with E-state index in [0.717, 1.165) is 16.9 Å². The minimum Gasteiger partial charge on any atom is -0.346 e. The summed E-state index contributed by atoms with van der Waals surface area (Å²) in [6.45, 7) is -0.157. The van der Waals surface area contributed by atoms with E-state index < -0.39 is 5.92 Å². The molecule has 0 unspecified atom stereocenters. The molecule has 4 rings (SSSR count). The number of nitrogens with zero attached hydrogens (tertiary/aromatic N) is 1. The number of fused-ring (bicyclic) bond motifs is 1. The SMILES string of the molecule is O=C1C[C@@H](C(=O)NCC(=O)N(c2ccccc2)c2ccccc2)c2ccccc21. The van der Waals surface area contributed by atoms with Gasteiger partial charge in [0.2, 0.25) is 5.91 Å². The Balaban J connectivity index is 1.50. The van der Waals surface area contributed by atoms with E-state index in [1.165, 1.54) is 0 Å². The van der Waals surface area contributed by atoms with E-state index in [4.69, 9.17) is 0 Å². The Kier molecular flexibility index (Phi) is 5.20. The van der Waals surface area contributed by atoms with E-state index in [-0.39, 0.29) is 30.6 Å². The number of para-hydroxylation sites is 2. The van der Waals surface area contributed by atoms with E-state index >= 15 is 0 Å². The molecule has 0 fully saturated rings. The first kappa shape index (κ1) is 18.6. The van der Waals surface area contributed by atoms with Gasteiger partial charge in [-0.15, -0.1) is 0 Å². The summed E-state index contributed by atoms with van der Waals surface area (Å²) in [5.41, 5.74) is 2.76. The summed E-state index contributed by atoms with van der Waals surface area (Å²) in [7, 11) is 0. The van der Waals surface area contributed by atoms with Gasteiger partial charge in [-0.25, -0.2) is 0 Å². The van der Waals surface area contributed by atoms with Crippen molar-refractivity contribution >= 4 is 29.0 Å². The third-order valence-electron chi connectivity index (χ3n) is 5.03. The van der Waals surface area contributed by atoms with E-state index in [2.05, 4.69) is 5.32 Å². The fourth-order valence-electron chi connectivity index (χ4n) is 3.65. The number of Topliss-reactive ketones (excluding diaryl/α,β-unsaturated/α-hetero) is 1. The van der Waals surface area contributed by atoms with Crippen LogP contribution in [0.2, 0.25) is 0 Å². The highest BCUT2D eigenvalue weighted by molar-refractivity contribution is 6.08. The van der Waals surface area contributed by atoms with Crippen molar-refractivity contribution < 1.29 is 14.4 Å². The monoisotopic (exact) mass is 384 g/mol. The molecule has 0 saturated carbocycles. The van der Waals surface area contributed by atoms with Gasteiger partial charge in [0, 0.05) is 23.4 Å². The van der Waals surface area contributed by atoms with Crippen LogP contribution in [0.1, 0.15) is 28.3 Å². The quantitative estimate of drug-likeness (QED) is 0.727. The van der Waals surface area contributed by atoms with Crippen molar-refractivity contribution in [3.8, 4) is 0 Å². The molecule has 144 valence electrons. The van der Waals surface area contributed by atoms with Gasteiger partial charge in [-0.1, -0.05) is 60.7 Å². The number of ketones is 1. The van der Waals surface area contributed by atoms with Crippen molar-refractivity contribution in [3.63, 3.8) is 0 Å². The van der Waals surface area contributed by atoms with Crippen LogP contribution >= 0.6 is 0 Å². The van der Waals surface area contributed by atoms with E-state index in [9.17, 15) is 14.4 Å². The largest absolute Gasteiger partial charge is 0.346 e. The maximum absolute atomic E-state index is 13.0. The first-order valence-electron chi connectivity index (χ1n) is 9.48. The summed E-state index contributed by atoms with van der Waals surface area (Å²) >= 11 is 0. The highest BCUT2D eigenvalue weighted by atomic mass is 16.2. The van der Waals surface area contributed by atoms with Crippen LogP contribution in [-0.2, 0) is 9.59 Å². The lowest BCUT2D eigenvalue weighted by Gasteiger charge is -2.23.